The second-order valence-electron chi connectivity index (χ2n) is 3.15. The van der Waals surface area contributed by atoms with Crippen molar-refractivity contribution in [2.75, 3.05) is 0 Å². The highest BCUT2D eigenvalue weighted by Gasteiger charge is 2.28. The molecule has 0 atom stereocenters. The van der Waals surface area contributed by atoms with Gasteiger partial charge in [-0.25, -0.2) is 0 Å². The molecular weight excluding hydrogens is 192 g/mol. The summed E-state index contributed by atoms with van der Waals surface area (Å²) in [6.45, 7) is 1.58. The first-order chi connectivity index (χ1) is 5.68. The minimum atomic E-state index is 0.119. The van der Waals surface area contributed by atoms with Crippen molar-refractivity contribution < 1.29 is 4.79 Å². The zero-order chi connectivity index (χ0) is 8.72. The highest BCUT2D eigenvalue weighted by Crippen LogP contribution is 2.47. The summed E-state index contributed by atoms with van der Waals surface area (Å²) in [6, 6.07) is 1.79. The molecule has 1 aliphatic carbocycles. The number of halogens is 1. The number of thiophene rings is 1. The Morgan fingerprint density at radius 1 is 1.67 bits per heavy atom. The third kappa shape index (κ3) is 1.41. The normalized spacial score (nSPS) is 16.5. The SMILES string of the molecule is CC(=O)c1cc(Cl)c(C2CC2)s1. The zero-order valence-corrected chi connectivity index (χ0v) is 8.34. The first-order valence-corrected chi connectivity index (χ1v) is 5.18. The number of hydrogen-bond donors (Lipinski definition) is 0. The number of rotatable bonds is 2. The van der Waals surface area contributed by atoms with Crippen LogP contribution in [-0.4, -0.2) is 5.78 Å². The van der Waals surface area contributed by atoms with Gasteiger partial charge in [0.1, 0.15) is 0 Å². The molecule has 0 spiro atoms. The number of carbonyl (C=O) groups is 1. The van der Waals surface area contributed by atoms with Crippen LogP contribution in [0.15, 0.2) is 6.07 Å². The van der Waals surface area contributed by atoms with Crippen molar-refractivity contribution in [1.82, 2.24) is 0 Å². The molecular formula is C9H9ClOS. The van der Waals surface area contributed by atoms with Gasteiger partial charge in [0.25, 0.3) is 0 Å². The maximum Gasteiger partial charge on any atom is 0.169 e. The summed E-state index contributed by atoms with van der Waals surface area (Å²) in [6.07, 6.45) is 2.47. The molecule has 0 saturated heterocycles. The molecule has 1 heterocycles. The van der Waals surface area contributed by atoms with Crippen molar-refractivity contribution in [3.63, 3.8) is 0 Å². The maximum absolute atomic E-state index is 11.0. The fourth-order valence-electron chi connectivity index (χ4n) is 1.18. The Labute approximate surface area is 80.4 Å². The minimum Gasteiger partial charge on any atom is -0.294 e. The molecule has 0 radical (unpaired) electrons. The van der Waals surface area contributed by atoms with E-state index >= 15 is 0 Å². The summed E-state index contributed by atoms with van der Waals surface area (Å²) >= 11 is 7.54. The van der Waals surface area contributed by atoms with Crippen LogP contribution in [0.1, 0.15) is 40.2 Å². The van der Waals surface area contributed by atoms with Crippen LogP contribution >= 0.6 is 22.9 Å². The predicted molar refractivity (Wildman–Crippen MR) is 51.3 cm³/mol. The van der Waals surface area contributed by atoms with E-state index in [4.69, 9.17) is 11.6 Å². The number of Topliss-reactive ketones (excluding diaryl/α,β-unsaturated/α-hetero) is 1. The van der Waals surface area contributed by atoms with Gasteiger partial charge in [0.2, 0.25) is 0 Å². The average Bonchev–Trinajstić information content (AvgIpc) is 2.75. The van der Waals surface area contributed by atoms with Crippen molar-refractivity contribution in [3.05, 3.63) is 20.8 Å². The van der Waals surface area contributed by atoms with Crippen LogP contribution < -0.4 is 0 Å². The number of hydrogen-bond acceptors (Lipinski definition) is 2. The van der Waals surface area contributed by atoms with Gasteiger partial charge >= 0.3 is 0 Å². The van der Waals surface area contributed by atoms with Gasteiger partial charge in [0, 0.05) is 4.88 Å². The topological polar surface area (TPSA) is 17.1 Å². The second kappa shape index (κ2) is 2.86. The molecule has 64 valence electrons. The third-order valence-electron chi connectivity index (χ3n) is 2.01. The lowest BCUT2D eigenvalue weighted by atomic mass is 10.3. The molecule has 1 saturated carbocycles. The van der Waals surface area contributed by atoms with E-state index in [9.17, 15) is 4.79 Å². The molecule has 0 bridgehead atoms. The van der Waals surface area contributed by atoms with Crippen LogP contribution in [0.25, 0.3) is 0 Å². The van der Waals surface area contributed by atoms with Crippen molar-refractivity contribution >= 4 is 28.7 Å². The van der Waals surface area contributed by atoms with E-state index < -0.39 is 0 Å². The summed E-state index contributed by atoms with van der Waals surface area (Å²) < 4.78 is 0. The highest BCUT2D eigenvalue weighted by molar-refractivity contribution is 7.14. The molecule has 12 heavy (non-hydrogen) atoms. The van der Waals surface area contributed by atoms with E-state index in [0.29, 0.717) is 5.92 Å². The lowest BCUT2D eigenvalue weighted by molar-refractivity contribution is 0.102. The van der Waals surface area contributed by atoms with Crippen molar-refractivity contribution in [3.8, 4) is 0 Å². The van der Waals surface area contributed by atoms with E-state index in [1.54, 1.807) is 24.3 Å². The number of carbonyl (C=O) groups excluding carboxylic acids is 1. The lowest BCUT2D eigenvalue weighted by Crippen LogP contribution is -1.83. The molecule has 1 fully saturated rings. The Balaban J connectivity index is 2.36. The summed E-state index contributed by atoms with van der Waals surface area (Å²) in [7, 11) is 0. The van der Waals surface area contributed by atoms with Gasteiger partial charge in [0.05, 0.1) is 9.90 Å². The van der Waals surface area contributed by atoms with Crippen LogP contribution in [0.3, 0.4) is 0 Å². The average molecular weight is 201 g/mol. The molecule has 0 amide bonds. The standard InChI is InChI=1S/C9H9ClOS/c1-5(11)8-4-7(10)9(12-8)6-2-3-6/h4,6H,2-3H2,1H3. The van der Waals surface area contributed by atoms with E-state index in [0.717, 1.165) is 9.90 Å². The molecule has 0 N–H and O–H groups in total. The fourth-order valence-corrected chi connectivity index (χ4v) is 2.74. The Bertz CT molecular complexity index is 325. The van der Waals surface area contributed by atoms with Crippen molar-refractivity contribution in [2.24, 2.45) is 0 Å². The smallest absolute Gasteiger partial charge is 0.169 e. The Kier molecular flexibility index (Phi) is 1.97. The van der Waals surface area contributed by atoms with Gasteiger partial charge in [-0.15, -0.1) is 11.3 Å². The summed E-state index contributed by atoms with van der Waals surface area (Å²) in [5.74, 6) is 0.768. The predicted octanol–water partition coefficient (Wildman–Crippen LogP) is 3.48. The highest BCUT2D eigenvalue weighted by atomic mass is 35.5. The van der Waals surface area contributed by atoms with Gasteiger partial charge in [0.15, 0.2) is 5.78 Å². The first-order valence-electron chi connectivity index (χ1n) is 3.98. The van der Waals surface area contributed by atoms with Gasteiger partial charge < -0.3 is 0 Å². The molecule has 0 unspecified atom stereocenters. The van der Waals surface area contributed by atoms with Crippen LogP contribution in [-0.2, 0) is 0 Å². The Morgan fingerprint density at radius 3 is 2.75 bits per heavy atom. The van der Waals surface area contributed by atoms with Gasteiger partial charge in [-0.2, -0.15) is 0 Å². The summed E-state index contributed by atoms with van der Waals surface area (Å²) in [4.78, 5) is 13.0. The van der Waals surface area contributed by atoms with Crippen molar-refractivity contribution in [2.45, 2.75) is 25.7 Å². The summed E-state index contributed by atoms with van der Waals surface area (Å²) in [5.41, 5.74) is 0. The molecule has 3 heteroatoms. The van der Waals surface area contributed by atoms with Gasteiger partial charge in [-0.05, 0) is 31.7 Å². The van der Waals surface area contributed by atoms with E-state index in [2.05, 4.69) is 0 Å². The molecule has 1 nitrogen and oxygen atoms in total. The Morgan fingerprint density at radius 2 is 2.33 bits per heavy atom. The van der Waals surface area contributed by atoms with Gasteiger partial charge in [-0.1, -0.05) is 11.6 Å². The monoisotopic (exact) mass is 200 g/mol. The summed E-state index contributed by atoms with van der Waals surface area (Å²) in [5, 5.41) is 0.785. The van der Waals surface area contributed by atoms with Crippen LogP contribution in [0, 0.1) is 0 Å². The molecule has 1 aliphatic rings. The Hall–Kier alpha value is -0.340. The quantitative estimate of drug-likeness (QED) is 0.668. The lowest BCUT2D eigenvalue weighted by Gasteiger charge is -1.88. The fraction of sp³-hybridized carbons (Fsp3) is 0.444. The zero-order valence-electron chi connectivity index (χ0n) is 6.76. The molecule has 0 aliphatic heterocycles. The van der Waals surface area contributed by atoms with Crippen molar-refractivity contribution in [1.29, 1.82) is 0 Å². The van der Waals surface area contributed by atoms with Crippen LogP contribution in [0.5, 0.6) is 0 Å². The third-order valence-corrected chi connectivity index (χ3v) is 3.83. The molecule has 1 aromatic rings. The van der Waals surface area contributed by atoms with E-state index in [1.807, 2.05) is 0 Å². The molecule has 0 aromatic carbocycles. The largest absolute Gasteiger partial charge is 0.294 e. The van der Waals surface area contributed by atoms with Crippen LogP contribution in [0.4, 0.5) is 0 Å². The van der Waals surface area contributed by atoms with Gasteiger partial charge in [-0.3, -0.25) is 4.79 Å². The maximum atomic E-state index is 11.0. The van der Waals surface area contributed by atoms with E-state index in [-0.39, 0.29) is 5.78 Å². The number of ketones is 1. The van der Waals surface area contributed by atoms with E-state index in [1.165, 1.54) is 17.7 Å². The minimum absolute atomic E-state index is 0.119. The first kappa shape index (κ1) is 8.27. The second-order valence-corrected chi connectivity index (χ2v) is 4.64. The van der Waals surface area contributed by atoms with Crippen LogP contribution in [0.2, 0.25) is 5.02 Å². The molecule has 2 rings (SSSR count). The molecule has 1 aromatic heterocycles.